The second-order valence-electron chi connectivity index (χ2n) is 5.82. The molecule has 2 aromatic heterocycles. The average molecular weight is 333 g/mol. The summed E-state index contributed by atoms with van der Waals surface area (Å²) in [5, 5.41) is 14.9. The van der Waals surface area contributed by atoms with Gasteiger partial charge >= 0.3 is 0 Å². The molecule has 2 aromatic rings. The highest BCUT2D eigenvalue weighted by molar-refractivity contribution is 5.96. The number of hydrogen-bond acceptors (Lipinski definition) is 6. The van der Waals surface area contributed by atoms with E-state index in [1.165, 1.54) is 6.92 Å². The molecule has 0 spiro atoms. The predicted octanol–water partition coefficient (Wildman–Crippen LogP) is 1.92. The molecule has 130 valence electrons. The second-order valence-corrected chi connectivity index (χ2v) is 5.82. The van der Waals surface area contributed by atoms with Gasteiger partial charge in [0.1, 0.15) is 0 Å². The van der Waals surface area contributed by atoms with Gasteiger partial charge in [-0.15, -0.1) is 10.2 Å². The highest BCUT2D eigenvalue weighted by Crippen LogP contribution is 2.19. The van der Waals surface area contributed by atoms with Crippen LogP contribution in [0.3, 0.4) is 0 Å². The summed E-state index contributed by atoms with van der Waals surface area (Å²) in [7, 11) is 0. The molecule has 0 saturated carbocycles. The fourth-order valence-corrected chi connectivity index (χ4v) is 2.71. The molecule has 24 heavy (non-hydrogen) atoms. The van der Waals surface area contributed by atoms with Crippen LogP contribution in [0, 0.1) is 13.8 Å². The van der Waals surface area contributed by atoms with Crippen LogP contribution < -0.4 is 5.32 Å². The summed E-state index contributed by atoms with van der Waals surface area (Å²) in [5.41, 5.74) is 2.09. The van der Waals surface area contributed by atoms with Crippen molar-refractivity contribution in [3.63, 3.8) is 0 Å². The first-order valence-electron chi connectivity index (χ1n) is 7.98. The Balaban J connectivity index is 1.96. The lowest BCUT2D eigenvalue weighted by Gasteiger charge is -2.14. The lowest BCUT2D eigenvalue weighted by Crippen LogP contribution is -2.26. The molecule has 0 fully saturated rings. The van der Waals surface area contributed by atoms with E-state index in [1.807, 2.05) is 20.8 Å². The maximum atomic E-state index is 12.1. The van der Waals surface area contributed by atoms with Crippen LogP contribution in [0.1, 0.15) is 66.8 Å². The Morgan fingerprint density at radius 1 is 1.25 bits per heavy atom. The lowest BCUT2D eigenvalue weighted by atomic mass is 10.1. The number of ketones is 1. The number of rotatable bonds is 7. The summed E-state index contributed by atoms with van der Waals surface area (Å²) in [6.45, 7) is 9.18. The van der Waals surface area contributed by atoms with E-state index in [1.54, 1.807) is 11.6 Å². The summed E-state index contributed by atoms with van der Waals surface area (Å²) in [5.74, 6) is 0.775. The molecule has 1 amide bonds. The second kappa shape index (κ2) is 7.37. The third-order valence-electron chi connectivity index (χ3n) is 3.82. The topological polar surface area (TPSA) is 103 Å². The maximum Gasteiger partial charge on any atom is 0.235 e. The van der Waals surface area contributed by atoms with Gasteiger partial charge in [0.05, 0.1) is 23.8 Å². The highest BCUT2D eigenvalue weighted by Gasteiger charge is 2.20. The number of hydrogen-bond donors (Lipinski definition) is 1. The van der Waals surface area contributed by atoms with Gasteiger partial charge in [-0.1, -0.05) is 6.92 Å². The van der Waals surface area contributed by atoms with Crippen molar-refractivity contribution in [3.8, 4) is 0 Å². The van der Waals surface area contributed by atoms with Crippen molar-refractivity contribution in [2.45, 2.75) is 60.0 Å². The monoisotopic (exact) mass is 333 g/mol. The molecule has 2 rings (SSSR count). The van der Waals surface area contributed by atoms with Gasteiger partial charge in [0, 0.05) is 18.5 Å². The third-order valence-corrected chi connectivity index (χ3v) is 3.82. The molecule has 0 radical (unpaired) electrons. The number of nitrogens with zero attached hydrogens (tertiary/aromatic N) is 4. The average Bonchev–Trinajstić information content (AvgIpc) is 3.09. The Bertz CT molecular complexity index is 747. The van der Waals surface area contributed by atoms with Crippen molar-refractivity contribution in [2.24, 2.45) is 0 Å². The molecule has 2 heterocycles. The van der Waals surface area contributed by atoms with Crippen LogP contribution in [0.2, 0.25) is 0 Å². The van der Waals surface area contributed by atoms with E-state index in [2.05, 4.69) is 20.6 Å². The summed E-state index contributed by atoms with van der Waals surface area (Å²) < 4.78 is 7.08. The van der Waals surface area contributed by atoms with E-state index in [0.717, 1.165) is 5.69 Å². The number of aromatic nitrogens is 4. The predicted molar refractivity (Wildman–Crippen MR) is 86.6 cm³/mol. The summed E-state index contributed by atoms with van der Waals surface area (Å²) >= 11 is 0. The number of amides is 1. The van der Waals surface area contributed by atoms with Crippen molar-refractivity contribution in [1.29, 1.82) is 0 Å². The minimum absolute atomic E-state index is 0.0176. The summed E-state index contributed by atoms with van der Waals surface area (Å²) in [4.78, 5) is 23.8. The molecule has 1 unspecified atom stereocenters. The lowest BCUT2D eigenvalue weighted by molar-refractivity contribution is -0.122. The van der Waals surface area contributed by atoms with Crippen molar-refractivity contribution < 1.29 is 14.0 Å². The normalized spacial score (nSPS) is 12.2. The van der Waals surface area contributed by atoms with Gasteiger partial charge in [-0.3, -0.25) is 14.3 Å². The SMILES string of the molecule is CCc1nnc(CNC(=O)CC(C)n2nc(C)c(C(C)=O)c2C)o1. The van der Waals surface area contributed by atoms with Crippen molar-refractivity contribution in [1.82, 2.24) is 25.3 Å². The zero-order valence-corrected chi connectivity index (χ0v) is 14.7. The van der Waals surface area contributed by atoms with Gasteiger partial charge in [-0.25, -0.2) is 0 Å². The largest absolute Gasteiger partial charge is 0.423 e. The summed E-state index contributed by atoms with van der Waals surface area (Å²) in [6, 6.07) is -0.161. The molecule has 1 N–H and O–H groups in total. The van der Waals surface area contributed by atoms with Crippen LogP contribution in [-0.2, 0) is 17.8 Å². The zero-order chi connectivity index (χ0) is 17.9. The van der Waals surface area contributed by atoms with Crippen LogP contribution >= 0.6 is 0 Å². The number of carbonyl (C=O) groups is 2. The van der Waals surface area contributed by atoms with Crippen LogP contribution in [0.15, 0.2) is 4.42 Å². The van der Waals surface area contributed by atoms with Gasteiger partial charge < -0.3 is 9.73 Å². The van der Waals surface area contributed by atoms with Crippen LogP contribution in [-0.4, -0.2) is 31.7 Å². The van der Waals surface area contributed by atoms with Gasteiger partial charge in [0.15, 0.2) is 5.78 Å². The molecular weight excluding hydrogens is 310 g/mol. The summed E-state index contributed by atoms with van der Waals surface area (Å²) in [6.07, 6.45) is 0.905. The van der Waals surface area contributed by atoms with E-state index in [9.17, 15) is 9.59 Å². The first-order chi connectivity index (χ1) is 11.3. The molecular formula is C16H23N5O3. The fraction of sp³-hybridized carbons (Fsp3) is 0.562. The van der Waals surface area contributed by atoms with E-state index in [-0.39, 0.29) is 30.7 Å². The molecule has 0 saturated heterocycles. The Morgan fingerprint density at radius 3 is 2.46 bits per heavy atom. The number of aryl methyl sites for hydroxylation is 2. The standard InChI is InChI=1S/C16H23N5O3/c1-6-14-18-19-15(24-14)8-17-13(23)7-9(2)21-11(4)16(12(5)22)10(3)20-21/h9H,6-8H2,1-5H3,(H,17,23). The molecule has 1 atom stereocenters. The molecule has 0 aliphatic heterocycles. The first kappa shape index (κ1) is 17.8. The third kappa shape index (κ3) is 3.87. The molecule has 8 nitrogen and oxygen atoms in total. The van der Waals surface area contributed by atoms with E-state index in [4.69, 9.17) is 4.42 Å². The maximum absolute atomic E-state index is 12.1. The molecule has 8 heteroatoms. The smallest absolute Gasteiger partial charge is 0.235 e. The Labute approximate surface area is 140 Å². The molecule has 0 aliphatic rings. The van der Waals surface area contributed by atoms with Crippen LogP contribution in [0.5, 0.6) is 0 Å². The number of nitrogens with one attached hydrogen (secondary N) is 1. The van der Waals surface area contributed by atoms with Gasteiger partial charge in [0.25, 0.3) is 0 Å². The van der Waals surface area contributed by atoms with E-state index >= 15 is 0 Å². The van der Waals surface area contributed by atoms with E-state index < -0.39 is 0 Å². The number of Topliss-reactive ketones (excluding diaryl/α,β-unsaturated/α-hetero) is 1. The van der Waals surface area contributed by atoms with Crippen LogP contribution in [0.4, 0.5) is 0 Å². The zero-order valence-electron chi connectivity index (χ0n) is 14.7. The van der Waals surface area contributed by atoms with Crippen molar-refractivity contribution >= 4 is 11.7 Å². The minimum atomic E-state index is -0.161. The van der Waals surface area contributed by atoms with Crippen molar-refractivity contribution in [2.75, 3.05) is 0 Å². The van der Waals surface area contributed by atoms with Gasteiger partial charge in [-0.2, -0.15) is 5.10 Å². The highest BCUT2D eigenvalue weighted by atomic mass is 16.4. The molecule has 0 aromatic carbocycles. The Kier molecular flexibility index (Phi) is 5.48. The fourth-order valence-electron chi connectivity index (χ4n) is 2.71. The minimum Gasteiger partial charge on any atom is -0.423 e. The molecule has 0 bridgehead atoms. The van der Waals surface area contributed by atoms with Gasteiger partial charge in [0.2, 0.25) is 17.7 Å². The first-order valence-corrected chi connectivity index (χ1v) is 7.98. The van der Waals surface area contributed by atoms with Crippen LogP contribution in [0.25, 0.3) is 0 Å². The van der Waals surface area contributed by atoms with Crippen molar-refractivity contribution in [3.05, 3.63) is 28.7 Å². The van der Waals surface area contributed by atoms with Gasteiger partial charge in [-0.05, 0) is 27.7 Å². The Morgan fingerprint density at radius 2 is 1.92 bits per heavy atom. The quantitative estimate of drug-likeness (QED) is 0.776. The molecule has 0 aliphatic carbocycles. The van der Waals surface area contributed by atoms with E-state index in [0.29, 0.717) is 29.5 Å². The Hall–Kier alpha value is -2.51. The number of carbonyl (C=O) groups excluding carboxylic acids is 2.